The van der Waals surface area contributed by atoms with Crippen molar-refractivity contribution in [3.8, 4) is 0 Å². The lowest BCUT2D eigenvalue weighted by Crippen LogP contribution is -2.29. The molecule has 6 heteroatoms. The highest BCUT2D eigenvalue weighted by atomic mass is 16.2. The van der Waals surface area contributed by atoms with Gasteiger partial charge in [-0.3, -0.25) is 4.79 Å². The van der Waals surface area contributed by atoms with E-state index in [4.69, 9.17) is 0 Å². The first kappa shape index (κ1) is 12.8. The van der Waals surface area contributed by atoms with Gasteiger partial charge in [0.2, 0.25) is 0 Å². The molecule has 0 bridgehead atoms. The molecule has 2 aromatic heterocycles. The minimum absolute atomic E-state index is 0.00822. The molecule has 6 nitrogen and oxygen atoms in total. The molecule has 20 heavy (non-hydrogen) atoms. The molecule has 0 aromatic carbocycles. The van der Waals surface area contributed by atoms with Gasteiger partial charge >= 0.3 is 0 Å². The minimum atomic E-state index is 0.00822. The quantitative estimate of drug-likeness (QED) is 0.897. The lowest BCUT2D eigenvalue weighted by molar-refractivity contribution is 0.0789. The Morgan fingerprint density at radius 2 is 2.20 bits per heavy atom. The number of aromatic nitrogens is 4. The fraction of sp³-hybridized carbons (Fsp3) is 0.429. The molecule has 3 heterocycles. The SMILES string of the molecule is Cc1cnc([C@@H]2CCN(C(=O)c3cncnc3C)C2)[nH]1. The molecule has 1 fully saturated rings. The largest absolute Gasteiger partial charge is 0.346 e. The summed E-state index contributed by atoms with van der Waals surface area (Å²) < 4.78 is 0. The number of imidazole rings is 1. The van der Waals surface area contributed by atoms with E-state index in [9.17, 15) is 4.79 Å². The molecule has 2 aromatic rings. The van der Waals surface area contributed by atoms with E-state index >= 15 is 0 Å². The number of nitrogens with zero attached hydrogens (tertiary/aromatic N) is 4. The highest BCUT2D eigenvalue weighted by molar-refractivity contribution is 5.95. The fourth-order valence-electron chi connectivity index (χ4n) is 2.58. The molecule has 0 unspecified atom stereocenters. The molecule has 1 saturated heterocycles. The first-order chi connectivity index (χ1) is 9.65. The van der Waals surface area contributed by atoms with Crippen LogP contribution in [0.2, 0.25) is 0 Å². The van der Waals surface area contributed by atoms with Crippen molar-refractivity contribution in [3.05, 3.63) is 41.5 Å². The molecule has 1 amide bonds. The number of aromatic amines is 1. The second-order valence-electron chi connectivity index (χ2n) is 5.21. The Bertz CT molecular complexity index is 636. The molecule has 0 aliphatic carbocycles. The third-order valence-electron chi connectivity index (χ3n) is 3.73. The molecule has 0 radical (unpaired) electrons. The van der Waals surface area contributed by atoms with Gasteiger partial charge in [-0.1, -0.05) is 0 Å². The highest BCUT2D eigenvalue weighted by Gasteiger charge is 2.30. The van der Waals surface area contributed by atoms with Crippen molar-refractivity contribution in [1.82, 2.24) is 24.8 Å². The Kier molecular flexibility index (Phi) is 3.22. The third kappa shape index (κ3) is 2.29. The molecule has 104 valence electrons. The van der Waals surface area contributed by atoms with E-state index in [0.717, 1.165) is 30.2 Å². The number of hydrogen-bond donors (Lipinski definition) is 1. The number of carbonyl (C=O) groups excluding carboxylic acids is 1. The summed E-state index contributed by atoms with van der Waals surface area (Å²) in [7, 11) is 0. The third-order valence-corrected chi connectivity index (χ3v) is 3.73. The minimum Gasteiger partial charge on any atom is -0.346 e. The highest BCUT2D eigenvalue weighted by Crippen LogP contribution is 2.26. The zero-order chi connectivity index (χ0) is 14.1. The number of amides is 1. The van der Waals surface area contributed by atoms with Crippen LogP contribution in [0.3, 0.4) is 0 Å². The van der Waals surface area contributed by atoms with E-state index in [0.29, 0.717) is 12.1 Å². The number of likely N-dealkylation sites (tertiary alicyclic amines) is 1. The van der Waals surface area contributed by atoms with Crippen LogP contribution in [0, 0.1) is 13.8 Å². The van der Waals surface area contributed by atoms with Crippen molar-refractivity contribution in [1.29, 1.82) is 0 Å². The topological polar surface area (TPSA) is 74.8 Å². The van der Waals surface area contributed by atoms with E-state index in [1.807, 2.05) is 24.9 Å². The normalized spacial score (nSPS) is 18.5. The molecule has 1 aliphatic rings. The number of hydrogen-bond acceptors (Lipinski definition) is 4. The van der Waals surface area contributed by atoms with Gasteiger partial charge in [-0.05, 0) is 20.3 Å². The van der Waals surface area contributed by atoms with E-state index in [1.54, 1.807) is 6.20 Å². The molecule has 1 N–H and O–H groups in total. The van der Waals surface area contributed by atoms with Crippen molar-refractivity contribution in [2.75, 3.05) is 13.1 Å². The van der Waals surface area contributed by atoms with Crippen LogP contribution in [0.15, 0.2) is 18.7 Å². The van der Waals surface area contributed by atoms with Crippen LogP contribution in [0.1, 0.15) is 39.9 Å². The molecular formula is C14H17N5O. The molecule has 0 saturated carbocycles. The summed E-state index contributed by atoms with van der Waals surface area (Å²) in [6.07, 6.45) is 5.82. The maximum absolute atomic E-state index is 12.5. The first-order valence-electron chi connectivity index (χ1n) is 6.72. The number of carbonyl (C=O) groups is 1. The van der Waals surface area contributed by atoms with Crippen LogP contribution >= 0.6 is 0 Å². The summed E-state index contributed by atoms with van der Waals surface area (Å²) in [5.41, 5.74) is 2.36. The molecule has 1 aliphatic heterocycles. The Labute approximate surface area is 117 Å². The van der Waals surface area contributed by atoms with E-state index in [2.05, 4.69) is 19.9 Å². The van der Waals surface area contributed by atoms with E-state index in [1.165, 1.54) is 6.33 Å². The van der Waals surface area contributed by atoms with Gasteiger partial charge in [0.05, 0.1) is 11.3 Å². The summed E-state index contributed by atoms with van der Waals surface area (Å²) in [6, 6.07) is 0. The predicted octanol–water partition coefficient (Wildman–Crippen LogP) is 1.45. The molecule has 1 atom stereocenters. The van der Waals surface area contributed by atoms with Gasteiger partial charge in [-0.15, -0.1) is 0 Å². The lowest BCUT2D eigenvalue weighted by atomic mass is 10.1. The zero-order valence-corrected chi connectivity index (χ0v) is 11.6. The second kappa shape index (κ2) is 5.03. The Morgan fingerprint density at radius 3 is 2.90 bits per heavy atom. The summed E-state index contributed by atoms with van der Waals surface area (Å²) >= 11 is 0. The predicted molar refractivity (Wildman–Crippen MR) is 73.4 cm³/mol. The zero-order valence-electron chi connectivity index (χ0n) is 11.6. The first-order valence-corrected chi connectivity index (χ1v) is 6.72. The summed E-state index contributed by atoms with van der Waals surface area (Å²) in [5.74, 6) is 1.27. The van der Waals surface area contributed by atoms with Gasteiger partial charge < -0.3 is 9.88 Å². The van der Waals surface area contributed by atoms with Crippen molar-refractivity contribution < 1.29 is 4.79 Å². The van der Waals surface area contributed by atoms with Crippen LogP contribution < -0.4 is 0 Å². The van der Waals surface area contributed by atoms with Crippen molar-refractivity contribution in [3.63, 3.8) is 0 Å². The monoisotopic (exact) mass is 271 g/mol. The van der Waals surface area contributed by atoms with Gasteiger partial charge in [0.1, 0.15) is 12.2 Å². The fourth-order valence-corrected chi connectivity index (χ4v) is 2.58. The van der Waals surface area contributed by atoms with Gasteiger partial charge in [-0.25, -0.2) is 15.0 Å². The van der Waals surface area contributed by atoms with Crippen LogP contribution in [0.4, 0.5) is 0 Å². The van der Waals surface area contributed by atoms with Gasteiger partial charge in [0.15, 0.2) is 0 Å². The van der Waals surface area contributed by atoms with Gasteiger partial charge in [0.25, 0.3) is 5.91 Å². The Morgan fingerprint density at radius 1 is 1.35 bits per heavy atom. The Hall–Kier alpha value is -2.24. The summed E-state index contributed by atoms with van der Waals surface area (Å²) in [6.45, 7) is 5.26. The smallest absolute Gasteiger partial charge is 0.257 e. The lowest BCUT2D eigenvalue weighted by Gasteiger charge is -2.16. The molecule has 0 spiro atoms. The van der Waals surface area contributed by atoms with Crippen LogP contribution in [-0.2, 0) is 0 Å². The molecular weight excluding hydrogens is 254 g/mol. The summed E-state index contributed by atoms with van der Waals surface area (Å²) in [5, 5.41) is 0. The maximum Gasteiger partial charge on any atom is 0.257 e. The number of H-pyrrole nitrogens is 1. The van der Waals surface area contributed by atoms with Crippen molar-refractivity contribution in [2.45, 2.75) is 26.2 Å². The van der Waals surface area contributed by atoms with Gasteiger partial charge in [0, 0.05) is 37.1 Å². The number of aryl methyl sites for hydroxylation is 2. The van der Waals surface area contributed by atoms with Crippen molar-refractivity contribution in [2.24, 2.45) is 0 Å². The van der Waals surface area contributed by atoms with E-state index in [-0.39, 0.29) is 11.8 Å². The molecule has 3 rings (SSSR count). The number of nitrogens with one attached hydrogen (secondary N) is 1. The van der Waals surface area contributed by atoms with Crippen LogP contribution in [-0.4, -0.2) is 43.8 Å². The second-order valence-corrected chi connectivity index (χ2v) is 5.21. The Balaban J connectivity index is 1.74. The number of rotatable bonds is 2. The standard InChI is InChI=1S/C14H17N5O/c1-9-5-16-13(18-9)11-3-4-19(7-11)14(20)12-6-15-8-17-10(12)2/h5-6,8,11H,3-4,7H2,1-2H3,(H,16,18)/t11-/m1/s1. The van der Waals surface area contributed by atoms with Crippen LogP contribution in [0.5, 0.6) is 0 Å². The average molecular weight is 271 g/mol. The van der Waals surface area contributed by atoms with Gasteiger partial charge in [-0.2, -0.15) is 0 Å². The maximum atomic E-state index is 12.5. The van der Waals surface area contributed by atoms with E-state index < -0.39 is 0 Å². The summed E-state index contributed by atoms with van der Waals surface area (Å²) in [4.78, 5) is 30.0. The van der Waals surface area contributed by atoms with Crippen molar-refractivity contribution >= 4 is 5.91 Å². The van der Waals surface area contributed by atoms with Crippen LogP contribution in [0.25, 0.3) is 0 Å². The average Bonchev–Trinajstić information content (AvgIpc) is 3.07.